The van der Waals surface area contributed by atoms with Crippen molar-refractivity contribution in [3.05, 3.63) is 65.2 Å². The van der Waals surface area contributed by atoms with Crippen LogP contribution in [-0.2, 0) is 9.84 Å². The Morgan fingerprint density at radius 2 is 1.50 bits per heavy atom. The highest BCUT2D eigenvalue weighted by Gasteiger charge is 2.47. The van der Waals surface area contributed by atoms with Gasteiger partial charge in [-0.2, -0.15) is 0 Å². The highest BCUT2D eigenvalue weighted by Crippen LogP contribution is 2.40. The Labute approximate surface area is 158 Å². The third kappa shape index (κ3) is 3.03. The number of benzene rings is 2. The van der Waals surface area contributed by atoms with Gasteiger partial charge >= 0.3 is 0 Å². The molecule has 4 nitrogen and oxygen atoms in total. The Morgan fingerprint density at radius 1 is 0.923 bits per heavy atom. The Hall–Kier alpha value is -1.85. The molecule has 4 rings (SSSR count). The maximum Gasteiger partial charge on any atom is 0.254 e. The zero-order valence-electron chi connectivity index (χ0n) is 14.2. The molecule has 2 atom stereocenters. The minimum atomic E-state index is -3.36. The van der Waals surface area contributed by atoms with Crippen LogP contribution in [0.15, 0.2) is 59.5 Å². The molecule has 0 saturated carbocycles. The van der Waals surface area contributed by atoms with Crippen molar-refractivity contribution in [1.29, 1.82) is 0 Å². The predicted molar refractivity (Wildman–Crippen MR) is 101 cm³/mol. The number of nitrogens with zero attached hydrogens (tertiary/aromatic N) is 1. The van der Waals surface area contributed by atoms with Gasteiger partial charge in [-0.1, -0.05) is 29.8 Å². The van der Waals surface area contributed by atoms with E-state index in [4.69, 9.17) is 11.6 Å². The second-order valence-electron chi connectivity index (χ2n) is 7.06. The van der Waals surface area contributed by atoms with Gasteiger partial charge in [0.05, 0.1) is 10.1 Å². The number of halogens is 1. The fourth-order valence-electron chi connectivity index (χ4n) is 4.26. The molecule has 2 aromatic rings. The lowest BCUT2D eigenvalue weighted by Gasteiger charge is -2.38. The van der Waals surface area contributed by atoms with Crippen LogP contribution in [0.1, 0.15) is 36.0 Å². The minimum Gasteiger partial charge on any atom is -0.333 e. The van der Waals surface area contributed by atoms with Crippen molar-refractivity contribution >= 4 is 27.3 Å². The Balaban J connectivity index is 1.56. The monoisotopic (exact) mass is 389 g/mol. The van der Waals surface area contributed by atoms with E-state index in [1.54, 1.807) is 48.5 Å². The van der Waals surface area contributed by atoms with Gasteiger partial charge in [-0.25, -0.2) is 8.42 Å². The summed E-state index contributed by atoms with van der Waals surface area (Å²) >= 11 is 5.91. The summed E-state index contributed by atoms with van der Waals surface area (Å²) < 4.78 is 25.9. The highest BCUT2D eigenvalue weighted by atomic mass is 35.5. The normalized spacial score (nSPS) is 25.3. The van der Waals surface area contributed by atoms with Gasteiger partial charge in [-0.05, 0) is 62.1 Å². The van der Waals surface area contributed by atoms with Gasteiger partial charge in [0.25, 0.3) is 5.91 Å². The lowest BCUT2D eigenvalue weighted by Crippen LogP contribution is -2.49. The molecular weight excluding hydrogens is 370 g/mol. The highest BCUT2D eigenvalue weighted by molar-refractivity contribution is 7.92. The van der Waals surface area contributed by atoms with Gasteiger partial charge < -0.3 is 4.90 Å². The topological polar surface area (TPSA) is 54.5 Å². The molecule has 2 aromatic carbocycles. The van der Waals surface area contributed by atoms with Crippen LogP contribution >= 0.6 is 11.6 Å². The van der Waals surface area contributed by atoms with Crippen molar-refractivity contribution in [1.82, 2.24) is 4.90 Å². The van der Waals surface area contributed by atoms with E-state index in [1.165, 1.54) is 0 Å². The average molecular weight is 390 g/mol. The van der Waals surface area contributed by atoms with Gasteiger partial charge in [0.1, 0.15) is 0 Å². The number of fused-ring (bicyclic) bond motifs is 2. The van der Waals surface area contributed by atoms with E-state index in [9.17, 15) is 13.2 Å². The van der Waals surface area contributed by atoms with E-state index in [0.29, 0.717) is 28.3 Å². The van der Waals surface area contributed by atoms with Crippen LogP contribution in [0.5, 0.6) is 0 Å². The first-order chi connectivity index (χ1) is 12.5. The SMILES string of the molecule is O=C(c1ccc(Cl)cc1)N1[C@@H]2CC[C@@H]1CC(S(=O)(=O)c1ccccc1)C2. The molecule has 2 heterocycles. The molecule has 1 amide bonds. The fourth-order valence-corrected chi connectivity index (χ4v) is 6.25. The Morgan fingerprint density at radius 3 is 2.08 bits per heavy atom. The van der Waals surface area contributed by atoms with Gasteiger partial charge in [0.2, 0.25) is 0 Å². The molecule has 2 aliphatic rings. The maximum atomic E-state index is 13.0. The molecule has 0 aliphatic carbocycles. The van der Waals surface area contributed by atoms with Crippen molar-refractivity contribution in [2.75, 3.05) is 0 Å². The Kier molecular flexibility index (Phi) is 4.53. The van der Waals surface area contributed by atoms with Crippen LogP contribution in [0, 0.1) is 0 Å². The third-order valence-corrected chi connectivity index (χ3v) is 7.97. The van der Waals surface area contributed by atoms with E-state index in [1.807, 2.05) is 11.0 Å². The number of carbonyl (C=O) groups is 1. The zero-order chi connectivity index (χ0) is 18.3. The molecule has 26 heavy (non-hydrogen) atoms. The second-order valence-corrected chi connectivity index (χ2v) is 9.72. The molecular formula is C20H20ClNO3S. The number of sulfone groups is 1. The number of rotatable bonds is 3. The number of piperidine rings is 1. The summed E-state index contributed by atoms with van der Waals surface area (Å²) in [5, 5.41) is 0.175. The summed E-state index contributed by atoms with van der Waals surface area (Å²) in [6.45, 7) is 0. The molecule has 2 fully saturated rings. The molecule has 0 spiro atoms. The van der Waals surface area contributed by atoms with Crippen LogP contribution in [0.25, 0.3) is 0 Å². The molecule has 0 N–H and O–H groups in total. The lowest BCUT2D eigenvalue weighted by atomic mass is 10.0. The summed E-state index contributed by atoms with van der Waals surface area (Å²) in [5.74, 6) is -0.0234. The van der Waals surface area contributed by atoms with E-state index in [0.717, 1.165) is 12.8 Å². The van der Waals surface area contributed by atoms with E-state index in [-0.39, 0.29) is 18.0 Å². The smallest absolute Gasteiger partial charge is 0.254 e. The maximum absolute atomic E-state index is 13.0. The van der Waals surface area contributed by atoms with Gasteiger partial charge in [-0.3, -0.25) is 4.79 Å². The molecule has 0 unspecified atom stereocenters. The second kappa shape index (κ2) is 6.71. The number of carbonyl (C=O) groups excluding carboxylic acids is 1. The number of hydrogen-bond acceptors (Lipinski definition) is 3. The van der Waals surface area contributed by atoms with Crippen LogP contribution in [0.3, 0.4) is 0 Å². The van der Waals surface area contributed by atoms with Crippen molar-refractivity contribution in [2.45, 2.75) is 47.9 Å². The first kappa shape index (κ1) is 17.6. The van der Waals surface area contributed by atoms with Crippen LogP contribution in [0.4, 0.5) is 0 Å². The quantitative estimate of drug-likeness (QED) is 0.798. The largest absolute Gasteiger partial charge is 0.333 e. The molecule has 2 bridgehead atoms. The van der Waals surface area contributed by atoms with Gasteiger partial charge in [-0.15, -0.1) is 0 Å². The summed E-state index contributed by atoms with van der Waals surface area (Å²) in [6, 6.07) is 15.5. The third-order valence-electron chi connectivity index (χ3n) is 5.53. The van der Waals surface area contributed by atoms with Crippen molar-refractivity contribution < 1.29 is 13.2 Å². The predicted octanol–water partition coefficient (Wildman–Crippen LogP) is 3.95. The van der Waals surface area contributed by atoms with Crippen LogP contribution in [0.2, 0.25) is 5.02 Å². The summed E-state index contributed by atoms with van der Waals surface area (Å²) in [7, 11) is -3.36. The molecule has 0 radical (unpaired) electrons. The Bertz CT molecular complexity index is 898. The molecule has 0 aromatic heterocycles. The number of hydrogen-bond donors (Lipinski definition) is 0. The first-order valence-corrected chi connectivity index (χ1v) is 10.8. The van der Waals surface area contributed by atoms with Crippen molar-refractivity contribution in [3.8, 4) is 0 Å². The van der Waals surface area contributed by atoms with E-state index >= 15 is 0 Å². The lowest BCUT2D eigenvalue weighted by molar-refractivity contribution is 0.0598. The van der Waals surface area contributed by atoms with Crippen molar-refractivity contribution in [3.63, 3.8) is 0 Å². The molecule has 2 aliphatic heterocycles. The molecule has 6 heteroatoms. The fraction of sp³-hybridized carbons (Fsp3) is 0.350. The van der Waals surface area contributed by atoms with Crippen molar-refractivity contribution in [2.24, 2.45) is 0 Å². The zero-order valence-corrected chi connectivity index (χ0v) is 15.8. The number of amides is 1. The molecule has 136 valence electrons. The van der Waals surface area contributed by atoms with Gasteiger partial charge in [0, 0.05) is 22.7 Å². The van der Waals surface area contributed by atoms with Crippen LogP contribution < -0.4 is 0 Å². The van der Waals surface area contributed by atoms with Crippen LogP contribution in [-0.4, -0.2) is 36.6 Å². The minimum absolute atomic E-state index is 0.0135. The van der Waals surface area contributed by atoms with E-state index < -0.39 is 15.1 Å². The first-order valence-electron chi connectivity index (χ1n) is 8.84. The molecule has 2 saturated heterocycles. The van der Waals surface area contributed by atoms with E-state index in [2.05, 4.69) is 0 Å². The summed E-state index contributed by atoms with van der Waals surface area (Å²) in [6.07, 6.45) is 2.75. The average Bonchev–Trinajstić information content (AvgIpc) is 2.91. The summed E-state index contributed by atoms with van der Waals surface area (Å²) in [5.41, 5.74) is 0.607. The van der Waals surface area contributed by atoms with Gasteiger partial charge in [0.15, 0.2) is 9.84 Å². The standard InChI is InChI=1S/C20H20ClNO3S/c21-15-8-6-14(7-9-15)20(23)22-16-10-11-17(22)13-19(12-16)26(24,25)18-4-2-1-3-5-18/h1-9,16-17,19H,10-13H2/t16-,17-/m1/s1. The summed E-state index contributed by atoms with van der Waals surface area (Å²) in [4.78, 5) is 15.2.